The molecule has 3 aromatic rings. The van der Waals surface area contributed by atoms with Gasteiger partial charge in [-0.2, -0.15) is 0 Å². The van der Waals surface area contributed by atoms with Crippen molar-refractivity contribution < 1.29 is 0 Å². The minimum atomic E-state index is 0.0935. The van der Waals surface area contributed by atoms with Crippen molar-refractivity contribution in [3.8, 4) is 0 Å². The average Bonchev–Trinajstić information content (AvgIpc) is 3.07. The lowest BCUT2D eigenvalue weighted by Crippen LogP contribution is -2.09. The number of nitrogens with zero attached hydrogens (tertiary/aromatic N) is 5. The summed E-state index contributed by atoms with van der Waals surface area (Å²) in [6, 6.07) is 0.0935. The van der Waals surface area contributed by atoms with Gasteiger partial charge in [-0.3, -0.25) is 4.40 Å². The molecule has 1 atom stereocenters. The van der Waals surface area contributed by atoms with E-state index in [9.17, 15) is 0 Å². The number of hydrogen-bond donors (Lipinski definition) is 1. The molecule has 1 unspecified atom stereocenters. The molecule has 0 radical (unpaired) electrons. The van der Waals surface area contributed by atoms with Crippen LogP contribution in [0.2, 0.25) is 0 Å². The summed E-state index contributed by atoms with van der Waals surface area (Å²) < 4.78 is 1.92. The van der Waals surface area contributed by atoms with Crippen molar-refractivity contribution in [1.82, 2.24) is 24.6 Å². The largest absolute Gasteiger partial charge is 0.358 e. The molecule has 0 aliphatic heterocycles. The third kappa shape index (κ3) is 2.24. The van der Waals surface area contributed by atoms with Gasteiger partial charge in [0.1, 0.15) is 10.8 Å². The van der Waals surface area contributed by atoms with E-state index in [1.54, 1.807) is 17.5 Å². The summed E-state index contributed by atoms with van der Waals surface area (Å²) in [5.41, 5.74) is 0.740. The summed E-state index contributed by atoms with van der Waals surface area (Å²) in [5, 5.41) is 12.7. The quantitative estimate of drug-likeness (QED) is 0.799. The van der Waals surface area contributed by atoms with Gasteiger partial charge in [0.2, 0.25) is 5.65 Å². The molecule has 6 nitrogen and oxygen atoms in total. The molecule has 3 rings (SSSR count). The molecule has 3 heterocycles. The van der Waals surface area contributed by atoms with Crippen LogP contribution in [0, 0.1) is 6.92 Å². The maximum atomic E-state index is 4.45. The number of nitrogens with one attached hydrogen (secondary N) is 1. The van der Waals surface area contributed by atoms with E-state index in [1.165, 1.54) is 4.88 Å². The van der Waals surface area contributed by atoms with E-state index in [0.29, 0.717) is 0 Å². The van der Waals surface area contributed by atoms with Crippen LogP contribution in [-0.4, -0.2) is 24.6 Å². The lowest BCUT2D eigenvalue weighted by atomic mass is 10.3. The fourth-order valence-corrected chi connectivity index (χ4v) is 2.86. The fourth-order valence-electron chi connectivity index (χ4n) is 2.00. The molecule has 0 fully saturated rings. The van der Waals surface area contributed by atoms with Crippen LogP contribution < -0.4 is 5.32 Å². The Morgan fingerprint density at radius 2 is 2.20 bits per heavy atom. The van der Waals surface area contributed by atoms with Crippen molar-refractivity contribution in [2.45, 2.75) is 33.2 Å². The van der Waals surface area contributed by atoms with Crippen molar-refractivity contribution in [3.63, 3.8) is 0 Å². The Kier molecular flexibility index (Phi) is 3.35. The molecule has 0 saturated carbocycles. The number of aromatic nitrogens is 5. The molecule has 0 bridgehead atoms. The molecule has 104 valence electrons. The Hall–Kier alpha value is -2.02. The van der Waals surface area contributed by atoms with Crippen molar-refractivity contribution in [2.75, 3.05) is 5.32 Å². The van der Waals surface area contributed by atoms with Crippen LogP contribution in [0.15, 0.2) is 18.6 Å². The topological polar surface area (TPSA) is 68.0 Å². The first-order valence-electron chi connectivity index (χ1n) is 6.56. The molecule has 0 aliphatic rings. The molecular weight excluding hydrogens is 272 g/mol. The maximum Gasteiger partial charge on any atom is 0.203 e. The molecule has 3 aromatic heterocycles. The van der Waals surface area contributed by atoms with Crippen LogP contribution in [0.3, 0.4) is 0 Å². The first kappa shape index (κ1) is 13.0. The van der Waals surface area contributed by atoms with E-state index in [1.807, 2.05) is 23.7 Å². The van der Waals surface area contributed by atoms with Crippen molar-refractivity contribution in [1.29, 1.82) is 0 Å². The highest BCUT2D eigenvalue weighted by atomic mass is 32.1. The lowest BCUT2D eigenvalue weighted by molar-refractivity contribution is 0.858. The second-order valence-electron chi connectivity index (χ2n) is 4.60. The van der Waals surface area contributed by atoms with Gasteiger partial charge in [-0.1, -0.05) is 6.92 Å². The van der Waals surface area contributed by atoms with Gasteiger partial charge in [-0.05, 0) is 20.3 Å². The van der Waals surface area contributed by atoms with E-state index >= 15 is 0 Å². The second kappa shape index (κ2) is 5.16. The first-order valence-corrected chi connectivity index (χ1v) is 7.38. The Balaban J connectivity index is 1.89. The molecule has 1 N–H and O–H groups in total. The molecule has 0 aromatic carbocycles. The number of aryl methyl sites for hydroxylation is 2. The summed E-state index contributed by atoms with van der Waals surface area (Å²) in [5.74, 6) is 1.58. The van der Waals surface area contributed by atoms with Gasteiger partial charge in [0, 0.05) is 23.5 Å². The average molecular weight is 288 g/mol. The number of hydrogen-bond acceptors (Lipinski definition) is 6. The highest BCUT2D eigenvalue weighted by molar-refractivity contribution is 7.11. The highest BCUT2D eigenvalue weighted by Gasteiger charge is 2.14. The monoisotopic (exact) mass is 288 g/mol. The van der Waals surface area contributed by atoms with E-state index in [4.69, 9.17) is 0 Å². The molecule has 0 spiro atoms. The van der Waals surface area contributed by atoms with Gasteiger partial charge in [0.15, 0.2) is 5.82 Å². The highest BCUT2D eigenvalue weighted by Crippen LogP contribution is 2.24. The number of anilines is 1. The normalized spacial score (nSPS) is 12.8. The summed E-state index contributed by atoms with van der Waals surface area (Å²) >= 11 is 1.73. The van der Waals surface area contributed by atoms with E-state index in [0.717, 1.165) is 28.7 Å². The zero-order valence-electron chi connectivity index (χ0n) is 11.7. The van der Waals surface area contributed by atoms with Gasteiger partial charge in [-0.25, -0.2) is 9.97 Å². The number of rotatable bonds is 4. The summed E-state index contributed by atoms with van der Waals surface area (Å²) in [7, 11) is 0. The molecule has 0 aliphatic carbocycles. The predicted octanol–water partition coefficient (Wildman–Crippen LogP) is 2.62. The number of thiazole rings is 1. The summed E-state index contributed by atoms with van der Waals surface area (Å²) in [4.78, 5) is 10.1. The van der Waals surface area contributed by atoms with Crippen LogP contribution in [0.25, 0.3) is 5.65 Å². The van der Waals surface area contributed by atoms with Crippen molar-refractivity contribution in [2.24, 2.45) is 0 Å². The maximum absolute atomic E-state index is 4.45. The lowest BCUT2D eigenvalue weighted by Gasteiger charge is -2.12. The third-order valence-electron chi connectivity index (χ3n) is 3.14. The Morgan fingerprint density at radius 1 is 1.35 bits per heavy atom. The fraction of sp³-hybridized carbons (Fsp3) is 0.385. The van der Waals surface area contributed by atoms with Gasteiger partial charge in [0.25, 0.3) is 0 Å². The van der Waals surface area contributed by atoms with Gasteiger partial charge < -0.3 is 5.32 Å². The zero-order valence-corrected chi connectivity index (χ0v) is 12.5. The SMILES string of the molecule is CCc1cnc(C(C)Nc2nccn3c(C)nnc23)s1. The standard InChI is InChI=1S/C13H16N6S/c1-4-10-7-15-13(20-10)8(2)16-11-12-18-17-9(3)19(12)6-5-14-11/h5-8H,4H2,1-3H3,(H,14,16). The van der Waals surface area contributed by atoms with Gasteiger partial charge in [0.05, 0.1) is 6.04 Å². The molecular formula is C13H16N6S. The predicted molar refractivity (Wildman–Crippen MR) is 79.0 cm³/mol. The molecule has 7 heteroatoms. The molecule has 20 heavy (non-hydrogen) atoms. The number of fused-ring (bicyclic) bond motifs is 1. The Bertz CT molecular complexity index is 731. The van der Waals surface area contributed by atoms with E-state index in [-0.39, 0.29) is 6.04 Å². The van der Waals surface area contributed by atoms with E-state index < -0.39 is 0 Å². The second-order valence-corrected chi connectivity index (χ2v) is 5.75. The van der Waals surface area contributed by atoms with Crippen LogP contribution in [0.1, 0.15) is 35.6 Å². The Morgan fingerprint density at radius 3 is 2.95 bits per heavy atom. The minimum absolute atomic E-state index is 0.0935. The Labute approximate surface area is 120 Å². The minimum Gasteiger partial charge on any atom is -0.358 e. The molecule has 0 amide bonds. The summed E-state index contributed by atoms with van der Waals surface area (Å²) in [6.07, 6.45) is 6.56. The third-order valence-corrected chi connectivity index (χ3v) is 4.47. The smallest absolute Gasteiger partial charge is 0.203 e. The zero-order chi connectivity index (χ0) is 14.1. The van der Waals surface area contributed by atoms with Crippen molar-refractivity contribution >= 4 is 22.8 Å². The van der Waals surface area contributed by atoms with Gasteiger partial charge >= 0.3 is 0 Å². The van der Waals surface area contributed by atoms with Gasteiger partial charge in [-0.15, -0.1) is 21.5 Å². The van der Waals surface area contributed by atoms with Crippen molar-refractivity contribution in [3.05, 3.63) is 34.3 Å². The summed E-state index contributed by atoms with van der Waals surface area (Å²) in [6.45, 7) is 6.13. The first-order chi connectivity index (χ1) is 9.69. The van der Waals surface area contributed by atoms with E-state index in [2.05, 4.69) is 39.3 Å². The molecule has 0 saturated heterocycles. The van der Waals surface area contributed by atoms with Crippen LogP contribution >= 0.6 is 11.3 Å². The van der Waals surface area contributed by atoms with Crippen LogP contribution in [-0.2, 0) is 6.42 Å². The van der Waals surface area contributed by atoms with Crippen LogP contribution in [0.4, 0.5) is 5.82 Å². The van der Waals surface area contributed by atoms with Crippen LogP contribution in [0.5, 0.6) is 0 Å².